The molecule has 2 rings (SSSR count). The number of hydrogen-bond donors (Lipinski definition) is 1. The number of rotatable bonds is 4. The van der Waals surface area contributed by atoms with Gasteiger partial charge in [-0.15, -0.1) is 0 Å². The first kappa shape index (κ1) is 14.0. The summed E-state index contributed by atoms with van der Waals surface area (Å²) in [5.74, 6) is 0. The Bertz CT molecular complexity index is 432. The molecule has 1 unspecified atom stereocenters. The maximum atomic E-state index is 10.6. The summed E-state index contributed by atoms with van der Waals surface area (Å²) in [5, 5.41) is 15.2. The second-order valence-corrected chi connectivity index (χ2v) is 6.06. The maximum Gasteiger partial charge on any atom is 0.0841 e. The molecule has 1 fully saturated rings. The minimum absolute atomic E-state index is 0.602. The van der Waals surface area contributed by atoms with Crippen molar-refractivity contribution in [1.29, 1.82) is 0 Å². The molecule has 1 aliphatic heterocycles. The standard InChI is InChI=1S/C13H22BrN3O/c1-4-10-12(14)11(17(5-2)15-10)8-13(18)6-7-16(3)9-13/h18H,4-9H2,1-3H3. The zero-order valence-electron chi connectivity index (χ0n) is 11.4. The largest absolute Gasteiger partial charge is 0.388 e. The molecule has 1 N–H and O–H groups in total. The van der Waals surface area contributed by atoms with Gasteiger partial charge in [0.2, 0.25) is 0 Å². The van der Waals surface area contributed by atoms with E-state index in [4.69, 9.17) is 0 Å². The van der Waals surface area contributed by atoms with Crippen molar-refractivity contribution in [3.05, 3.63) is 15.9 Å². The highest BCUT2D eigenvalue weighted by Gasteiger charge is 2.36. The molecule has 0 amide bonds. The van der Waals surface area contributed by atoms with Crippen LogP contribution in [0.15, 0.2) is 4.47 Å². The predicted octanol–water partition coefficient (Wildman–Crippen LogP) is 1.84. The van der Waals surface area contributed by atoms with Crippen molar-refractivity contribution in [3.63, 3.8) is 0 Å². The average Bonchev–Trinajstić information content (AvgIpc) is 2.82. The summed E-state index contributed by atoms with van der Waals surface area (Å²) >= 11 is 3.64. The lowest BCUT2D eigenvalue weighted by atomic mass is 9.96. The molecule has 102 valence electrons. The molecule has 1 atom stereocenters. The zero-order valence-corrected chi connectivity index (χ0v) is 13.0. The number of likely N-dealkylation sites (tertiary alicyclic amines) is 1. The zero-order chi connectivity index (χ0) is 13.3. The van der Waals surface area contributed by atoms with E-state index in [0.29, 0.717) is 6.42 Å². The summed E-state index contributed by atoms with van der Waals surface area (Å²) in [6, 6.07) is 0. The van der Waals surface area contributed by atoms with Crippen LogP contribution in [0.25, 0.3) is 0 Å². The van der Waals surface area contributed by atoms with Gasteiger partial charge in [0, 0.05) is 26.1 Å². The Balaban J connectivity index is 2.25. The molecule has 5 heteroatoms. The minimum Gasteiger partial charge on any atom is -0.388 e. The van der Waals surface area contributed by atoms with E-state index in [1.165, 1.54) is 0 Å². The molecule has 1 aliphatic rings. The van der Waals surface area contributed by atoms with Gasteiger partial charge in [0.1, 0.15) is 0 Å². The monoisotopic (exact) mass is 315 g/mol. The van der Waals surface area contributed by atoms with Crippen LogP contribution in [0.2, 0.25) is 0 Å². The van der Waals surface area contributed by atoms with Gasteiger partial charge < -0.3 is 10.0 Å². The van der Waals surface area contributed by atoms with Crippen molar-refractivity contribution in [2.75, 3.05) is 20.1 Å². The average molecular weight is 316 g/mol. The van der Waals surface area contributed by atoms with E-state index >= 15 is 0 Å². The smallest absolute Gasteiger partial charge is 0.0841 e. The number of hydrogen-bond acceptors (Lipinski definition) is 3. The van der Waals surface area contributed by atoms with E-state index in [2.05, 4.69) is 46.8 Å². The fraction of sp³-hybridized carbons (Fsp3) is 0.769. The van der Waals surface area contributed by atoms with Crippen LogP contribution in [0.1, 0.15) is 31.7 Å². The van der Waals surface area contributed by atoms with Gasteiger partial charge in [0.05, 0.1) is 21.5 Å². The van der Waals surface area contributed by atoms with Crippen molar-refractivity contribution < 1.29 is 5.11 Å². The third-order valence-electron chi connectivity index (χ3n) is 3.71. The van der Waals surface area contributed by atoms with Gasteiger partial charge >= 0.3 is 0 Å². The Kier molecular flexibility index (Phi) is 4.14. The molecule has 1 aromatic rings. The third-order valence-corrected chi connectivity index (χ3v) is 4.63. The molecule has 1 aromatic heterocycles. The summed E-state index contributed by atoms with van der Waals surface area (Å²) in [6.07, 6.45) is 2.43. The van der Waals surface area contributed by atoms with Crippen LogP contribution in [0.4, 0.5) is 0 Å². The van der Waals surface area contributed by atoms with E-state index in [0.717, 1.165) is 48.3 Å². The molecular formula is C13H22BrN3O. The van der Waals surface area contributed by atoms with Crippen LogP contribution in [-0.4, -0.2) is 45.5 Å². The minimum atomic E-state index is -0.602. The highest BCUT2D eigenvalue weighted by atomic mass is 79.9. The fourth-order valence-electron chi connectivity index (χ4n) is 2.70. The topological polar surface area (TPSA) is 41.3 Å². The van der Waals surface area contributed by atoms with Crippen LogP contribution in [-0.2, 0) is 19.4 Å². The van der Waals surface area contributed by atoms with Gasteiger partial charge in [0.25, 0.3) is 0 Å². The lowest BCUT2D eigenvalue weighted by Crippen LogP contribution is -2.35. The van der Waals surface area contributed by atoms with Gasteiger partial charge in [-0.1, -0.05) is 6.92 Å². The van der Waals surface area contributed by atoms with Crippen molar-refractivity contribution >= 4 is 15.9 Å². The van der Waals surface area contributed by atoms with Gasteiger partial charge in [-0.3, -0.25) is 4.68 Å². The Hall–Kier alpha value is -0.390. The van der Waals surface area contributed by atoms with E-state index in [-0.39, 0.29) is 0 Å². The summed E-state index contributed by atoms with van der Waals surface area (Å²) in [5.41, 5.74) is 1.61. The SMILES string of the molecule is CCc1nn(CC)c(CC2(O)CCN(C)C2)c1Br. The highest BCUT2D eigenvalue weighted by Crippen LogP contribution is 2.30. The molecule has 1 saturated heterocycles. The van der Waals surface area contributed by atoms with Crippen molar-refractivity contribution in [1.82, 2.24) is 14.7 Å². The van der Waals surface area contributed by atoms with Crippen LogP contribution in [0.3, 0.4) is 0 Å². The lowest BCUT2D eigenvalue weighted by Gasteiger charge is -2.23. The maximum absolute atomic E-state index is 10.6. The van der Waals surface area contributed by atoms with Crippen molar-refractivity contribution in [3.8, 4) is 0 Å². The quantitative estimate of drug-likeness (QED) is 0.921. The molecular weight excluding hydrogens is 294 g/mol. The van der Waals surface area contributed by atoms with E-state index in [1.807, 2.05) is 4.68 Å². The Morgan fingerprint density at radius 1 is 1.44 bits per heavy atom. The third kappa shape index (κ3) is 2.63. The summed E-state index contributed by atoms with van der Waals surface area (Å²) in [4.78, 5) is 2.18. The molecule has 0 bridgehead atoms. The van der Waals surface area contributed by atoms with E-state index in [1.54, 1.807) is 0 Å². The molecule has 2 heterocycles. The number of aromatic nitrogens is 2. The first-order valence-electron chi connectivity index (χ1n) is 6.64. The predicted molar refractivity (Wildman–Crippen MR) is 75.7 cm³/mol. The molecule has 0 aliphatic carbocycles. The van der Waals surface area contributed by atoms with Crippen LogP contribution >= 0.6 is 15.9 Å². The molecule has 0 saturated carbocycles. The molecule has 0 spiro atoms. The van der Waals surface area contributed by atoms with E-state index < -0.39 is 5.60 Å². The van der Waals surface area contributed by atoms with Crippen LogP contribution in [0, 0.1) is 0 Å². The number of nitrogens with zero attached hydrogens (tertiary/aromatic N) is 3. The number of halogens is 1. The molecule has 0 radical (unpaired) electrons. The van der Waals surface area contributed by atoms with Gasteiger partial charge in [-0.05, 0) is 42.7 Å². The Morgan fingerprint density at radius 2 is 2.17 bits per heavy atom. The van der Waals surface area contributed by atoms with Crippen LogP contribution in [0.5, 0.6) is 0 Å². The highest BCUT2D eigenvalue weighted by molar-refractivity contribution is 9.10. The summed E-state index contributed by atoms with van der Waals surface area (Å²) in [7, 11) is 2.06. The molecule has 0 aromatic carbocycles. The van der Waals surface area contributed by atoms with Crippen molar-refractivity contribution in [2.45, 2.75) is 45.3 Å². The van der Waals surface area contributed by atoms with E-state index in [9.17, 15) is 5.11 Å². The fourth-order valence-corrected chi connectivity index (χ4v) is 3.41. The normalized spacial score (nSPS) is 24.9. The van der Waals surface area contributed by atoms with Gasteiger partial charge in [-0.2, -0.15) is 5.10 Å². The second-order valence-electron chi connectivity index (χ2n) is 5.27. The molecule has 4 nitrogen and oxygen atoms in total. The molecule has 18 heavy (non-hydrogen) atoms. The lowest BCUT2D eigenvalue weighted by molar-refractivity contribution is 0.0501. The first-order valence-corrected chi connectivity index (χ1v) is 7.43. The number of aryl methyl sites for hydroxylation is 2. The number of β-amino-alcohol motifs (C(OH)–C–C–N with tert-alkyl or cyclic N) is 1. The summed E-state index contributed by atoms with van der Waals surface area (Å²) < 4.78 is 3.09. The van der Waals surface area contributed by atoms with Gasteiger partial charge in [-0.25, -0.2) is 0 Å². The first-order chi connectivity index (χ1) is 8.49. The van der Waals surface area contributed by atoms with Crippen molar-refractivity contribution in [2.24, 2.45) is 0 Å². The van der Waals surface area contributed by atoms with Gasteiger partial charge in [0.15, 0.2) is 0 Å². The number of aliphatic hydroxyl groups is 1. The summed E-state index contributed by atoms with van der Waals surface area (Å²) in [6.45, 7) is 6.76. The Morgan fingerprint density at radius 3 is 2.67 bits per heavy atom. The second kappa shape index (κ2) is 5.31. The number of likely N-dealkylation sites (N-methyl/N-ethyl adjacent to an activating group) is 1. The van der Waals surface area contributed by atoms with Crippen LogP contribution < -0.4 is 0 Å². The Labute approximate surface area is 117 Å².